The highest BCUT2D eigenvalue weighted by atomic mass is 35.5. The van der Waals surface area contributed by atoms with Crippen molar-refractivity contribution in [2.45, 2.75) is 20.1 Å². The lowest BCUT2D eigenvalue weighted by molar-refractivity contribution is 0.303. The zero-order valence-corrected chi connectivity index (χ0v) is 15.4. The third-order valence-corrected chi connectivity index (χ3v) is 4.59. The molecule has 0 bridgehead atoms. The number of hydrogen-bond donors (Lipinski definition) is 1. The number of anilines is 1. The summed E-state index contributed by atoms with van der Waals surface area (Å²) >= 11 is 12.0. The average Bonchev–Trinajstić information content (AvgIpc) is 2.62. The van der Waals surface area contributed by atoms with E-state index in [2.05, 4.69) is 36.5 Å². The van der Waals surface area contributed by atoms with Gasteiger partial charge in [0.15, 0.2) is 0 Å². The smallest absolute Gasteiger partial charge is 0.124 e. The summed E-state index contributed by atoms with van der Waals surface area (Å²) in [6.07, 6.45) is 0. The van der Waals surface area contributed by atoms with E-state index >= 15 is 0 Å². The standard InChI is InChI=1S/C21H19Cl2NO/c1-15-5-4-6-16(11-15)14-25-21-8-3-2-7-17(21)13-24-18-9-10-19(22)20(23)12-18/h2-12,24H,13-14H2,1H3. The van der Waals surface area contributed by atoms with Crippen LogP contribution in [-0.4, -0.2) is 0 Å². The van der Waals surface area contributed by atoms with E-state index in [0.717, 1.165) is 22.6 Å². The molecule has 0 saturated heterocycles. The molecule has 0 saturated carbocycles. The van der Waals surface area contributed by atoms with Gasteiger partial charge in [0.25, 0.3) is 0 Å². The van der Waals surface area contributed by atoms with E-state index in [1.165, 1.54) is 5.56 Å². The molecule has 0 aliphatic rings. The maximum Gasteiger partial charge on any atom is 0.124 e. The maximum atomic E-state index is 6.06. The first-order valence-electron chi connectivity index (χ1n) is 8.07. The van der Waals surface area contributed by atoms with Crippen LogP contribution in [0, 0.1) is 6.92 Å². The van der Waals surface area contributed by atoms with Gasteiger partial charge < -0.3 is 10.1 Å². The van der Waals surface area contributed by atoms with Gasteiger partial charge in [0, 0.05) is 17.8 Å². The van der Waals surface area contributed by atoms with Crippen LogP contribution in [0.4, 0.5) is 5.69 Å². The van der Waals surface area contributed by atoms with Crippen molar-refractivity contribution in [3.63, 3.8) is 0 Å². The molecule has 0 aliphatic heterocycles. The molecule has 0 aliphatic carbocycles. The van der Waals surface area contributed by atoms with Crippen LogP contribution >= 0.6 is 23.2 Å². The first-order valence-corrected chi connectivity index (χ1v) is 8.82. The second-order valence-corrected chi connectivity index (χ2v) is 6.68. The molecule has 3 rings (SSSR count). The predicted octanol–water partition coefficient (Wildman–Crippen LogP) is 6.49. The van der Waals surface area contributed by atoms with Crippen molar-refractivity contribution >= 4 is 28.9 Å². The van der Waals surface area contributed by atoms with Crippen LogP contribution in [-0.2, 0) is 13.2 Å². The lowest BCUT2D eigenvalue weighted by Gasteiger charge is -2.13. The molecule has 2 nitrogen and oxygen atoms in total. The zero-order chi connectivity index (χ0) is 17.6. The van der Waals surface area contributed by atoms with Gasteiger partial charge in [0.2, 0.25) is 0 Å². The first kappa shape index (κ1) is 17.7. The van der Waals surface area contributed by atoms with E-state index in [1.54, 1.807) is 6.07 Å². The number of ether oxygens (including phenoxy) is 1. The molecule has 0 aromatic heterocycles. The van der Waals surface area contributed by atoms with Crippen LogP contribution in [0.15, 0.2) is 66.7 Å². The molecule has 25 heavy (non-hydrogen) atoms. The van der Waals surface area contributed by atoms with Gasteiger partial charge in [0.1, 0.15) is 12.4 Å². The fraction of sp³-hybridized carbons (Fsp3) is 0.143. The third-order valence-electron chi connectivity index (χ3n) is 3.85. The van der Waals surface area contributed by atoms with Crippen LogP contribution in [0.5, 0.6) is 5.75 Å². The Morgan fingerprint density at radius 3 is 2.52 bits per heavy atom. The lowest BCUT2D eigenvalue weighted by atomic mass is 10.1. The Hall–Kier alpha value is -2.16. The Kier molecular flexibility index (Phi) is 5.85. The zero-order valence-electron chi connectivity index (χ0n) is 13.9. The second-order valence-electron chi connectivity index (χ2n) is 5.87. The summed E-state index contributed by atoms with van der Waals surface area (Å²) < 4.78 is 6.02. The van der Waals surface area contributed by atoms with E-state index < -0.39 is 0 Å². The number of nitrogens with one attached hydrogen (secondary N) is 1. The van der Waals surface area contributed by atoms with Crippen molar-refractivity contribution in [3.8, 4) is 5.75 Å². The van der Waals surface area contributed by atoms with Crippen molar-refractivity contribution in [2.24, 2.45) is 0 Å². The molecule has 3 aromatic rings. The molecular formula is C21H19Cl2NO. The monoisotopic (exact) mass is 371 g/mol. The topological polar surface area (TPSA) is 21.3 Å². The fourth-order valence-corrected chi connectivity index (χ4v) is 2.86. The predicted molar refractivity (Wildman–Crippen MR) is 106 cm³/mol. The molecule has 0 atom stereocenters. The van der Waals surface area contributed by atoms with Crippen LogP contribution in [0.25, 0.3) is 0 Å². The minimum absolute atomic E-state index is 0.538. The van der Waals surface area contributed by atoms with Gasteiger partial charge in [-0.05, 0) is 36.8 Å². The Morgan fingerprint density at radius 2 is 1.72 bits per heavy atom. The number of aryl methyl sites for hydroxylation is 1. The highest BCUT2D eigenvalue weighted by Crippen LogP contribution is 2.26. The molecular weight excluding hydrogens is 353 g/mol. The molecule has 0 unspecified atom stereocenters. The summed E-state index contributed by atoms with van der Waals surface area (Å²) in [5, 5.41) is 4.44. The lowest BCUT2D eigenvalue weighted by Crippen LogP contribution is -2.03. The Balaban J connectivity index is 1.67. The molecule has 128 valence electrons. The van der Waals surface area contributed by atoms with Gasteiger partial charge in [-0.3, -0.25) is 0 Å². The fourth-order valence-electron chi connectivity index (χ4n) is 2.56. The van der Waals surface area contributed by atoms with Crippen molar-refractivity contribution in [1.29, 1.82) is 0 Å². The van der Waals surface area contributed by atoms with Crippen LogP contribution in [0.3, 0.4) is 0 Å². The van der Waals surface area contributed by atoms with E-state index in [-0.39, 0.29) is 0 Å². The molecule has 0 radical (unpaired) electrons. The molecule has 0 heterocycles. The number of hydrogen-bond acceptors (Lipinski definition) is 2. The van der Waals surface area contributed by atoms with Crippen molar-refractivity contribution in [1.82, 2.24) is 0 Å². The summed E-state index contributed by atoms with van der Waals surface area (Å²) in [5.74, 6) is 0.872. The van der Waals surface area contributed by atoms with Gasteiger partial charge in [-0.1, -0.05) is 71.2 Å². The average molecular weight is 372 g/mol. The number of para-hydroxylation sites is 1. The Bertz CT molecular complexity index is 864. The van der Waals surface area contributed by atoms with Gasteiger partial charge in [0.05, 0.1) is 10.0 Å². The molecule has 0 spiro atoms. The summed E-state index contributed by atoms with van der Waals surface area (Å²) in [7, 11) is 0. The normalized spacial score (nSPS) is 10.5. The van der Waals surface area contributed by atoms with Crippen LogP contribution < -0.4 is 10.1 Å². The van der Waals surface area contributed by atoms with Gasteiger partial charge in [-0.15, -0.1) is 0 Å². The van der Waals surface area contributed by atoms with Crippen molar-refractivity contribution in [2.75, 3.05) is 5.32 Å². The highest BCUT2D eigenvalue weighted by Gasteiger charge is 2.05. The molecule has 0 fully saturated rings. The number of benzene rings is 3. The Labute approximate surface area is 158 Å². The van der Waals surface area contributed by atoms with E-state index in [0.29, 0.717) is 23.2 Å². The van der Waals surface area contributed by atoms with E-state index in [4.69, 9.17) is 27.9 Å². The molecule has 1 N–H and O–H groups in total. The van der Waals surface area contributed by atoms with Gasteiger partial charge in [-0.2, -0.15) is 0 Å². The van der Waals surface area contributed by atoms with Gasteiger partial charge >= 0.3 is 0 Å². The SMILES string of the molecule is Cc1cccc(COc2ccccc2CNc2ccc(Cl)c(Cl)c2)c1. The van der Waals surface area contributed by atoms with Crippen LogP contribution in [0.2, 0.25) is 10.0 Å². The summed E-state index contributed by atoms with van der Waals surface area (Å²) in [5.41, 5.74) is 4.40. The third kappa shape index (κ3) is 4.91. The largest absolute Gasteiger partial charge is 0.489 e. The van der Waals surface area contributed by atoms with E-state index in [9.17, 15) is 0 Å². The summed E-state index contributed by atoms with van der Waals surface area (Å²) in [6.45, 7) is 3.27. The molecule has 3 aromatic carbocycles. The first-order chi connectivity index (χ1) is 12.1. The second kappa shape index (κ2) is 8.28. The molecule has 0 amide bonds. The molecule has 4 heteroatoms. The summed E-state index contributed by atoms with van der Waals surface area (Å²) in [6, 6.07) is 21.9. The highest BCUT2D eigenvalue weighted by molar-refractivity contribution is 6.42. The minimum atomic E-state index is 0.538. The minimum Gasteiger partial charge on any atom is -0.489 e. The van der Waals surface area contributed by atoms with Gasteiger partial charge in [-0.25, -0.2) is 0 Å². The van der Waals surface area contributed by atoms with E-state index in [1.807, 2.05) is 36.4 Å². The maximum absolute atomic E-state index is 6.06. The summed E-state index contributed by atoms with van der Waals surface area (Å²) in [4.78, 5) is 0. The quantitative estimate of drug-likeness (QED) is 0.534. The van der Waals surface area contributed by atoms with Crippen LogP contribution in [0.1, 0.15) is 16.7 Å². The number of halogens is 2. The number of rotatable bonds is 6. The van der Waals surface area contributed by atoms with Crippen molar-refractivity contribution in [3.05, 3.63) is 93.5 Å². The Morgan fingerprint density at radius 1 is 0.880 bits per heavy atom. The van der Waals surface area contributed by atoms with Crippen molar-refractivity contribution < 1.29 is 4.74 Å².